The van der Waals surface area contributed by atoms with Gasteiger partial charge < -0.3 is 10.6 Å². The van der Waals surface area contributed by atoms with Crippen molar-refractivity contribution >= 4 is 30.7 Å². The molecule has 0 aromatic heterocycles. The van der Waals surface area contributed by atoms with Gasteiger partial charge in [-0.2, -0.15) is 0 Å². The lowest BCUT2D eigenvalue weighted by Crippen LogP contribution is -2.53. The van der Waals surface area contributed by atoms with Crippen molar-refractivity contribution in [1.29, 1.82) is 0 Å². The van der Waals surface area contributed by atoms with E-state index in [0.717, 1.165) is 38.9 Å². The van der Waals surface area contributed by atoms with Crippen molar-refractivity contribution in [1.82, 2.24) is 9.80 Å². The smallest absolute Gasteiger partial charge is 0.225 e. The molecule has 2 saturated carbocycles. The first-order valence-electron chi connectivity index (χ1n) is 10.9. The number of halogens is 2. The van der Waals surface area contributed by atoms with E-state index >= 15 is 0 Å². The minimum absolute atomic E-state index is 0. The molecule has 2 bridgehead atoms. The summed E-state index contributed by atoms with van der Waals surface area (Å²) in [6.07, 6.45) is 8.08. The number of hydrogen-bond acceptors (Lipinski definition) is 3. The normalized spacial score (nSPS) is 31.9. The number of nitrogens with zero attached hydrogens (tertiary/aromatic N) is 2. The highest BCUT2D eigenvalue weighted by molar-refractivity contribution is 5.85. The van der Waals surface area contributed by atoms with Crippen LogP contribution in [0.3, 0.4) is 0 Å². The fourth-order valence-electron chi connectivity index (χ4n) is 5.79. The quantitative estimate of drug-likeness (QED) is 0.764. The van der Waals surface area contributed by atoms with E-state index in [9.17, 15) is 4.79 Å². The van der Waals surface area contributed by atoms with Crippen LogP contribution in [-0.2, 0) is 11.3 Å². The van der Waals surface area contributed by atoms with Gasteiger partial charge in [-0.25, -0.2) is 0 Å². The van der Waals surface area contributed by atoms with Gasteiger partial charge in [-0.05, 0) is 62.5 Å². The number of carbonyl (C=O) groups is 1. The van der Waals surface area contributed by atoms with E-state index in [4.69, 9.17) is 5.73 Å². The maximum absolute atomic E-state index is 13.3. The molecule has 4 rings (SSSR count). The van der Waals surface area contributed by atoms with Gasteiger partial charge in [0.2, 0.25) is 5.91 Å². The number of amides is 1. The Kier molecular flexibility index (Phi) is 9.27. The van der Waals surface area contributed by atoms with E-state index < -0.39 is 0 Å². The lowest BCUT2D eigenvalue weighted by atomic mass is 9.65. The number of likely N-dealkylation sites (N-methyl/N-ethyl adjacent to an activating group) is 1. The Bertz CT molecular complexity index is 630. The lowest BCUT2D eigenvalue weighted by molar-refractivity contribution is -0.140. The van der Waals surface area contributed by atoms with E-state index in [0.29, 0.717) is 29.8 Å². The first-order chi connectivity index (χ1) is 13.1. The van der Waals surface area contributed by atoms with Gasteiger partial charge in [-0.1, -0.05) is 36.8 Å². The Balaban J connectivity index is 0.00000150. The second kappa shape index (κ2) is 11.0. The average molecular weight is 442 g/mol. The molecule has 3 aliphatic rings. The molecule has 6 heteroatoms. The maximum Gasteiger partial charge on any atom is 0.225 e. The number of fused-ring (bicyclic) bond motifs is 2. The Morgan fingerprint density at radius 3 is 2.38 bits per heavy atom. The van der Waals surface area contributed by atoms with Crippen LogP contribution < -0.4 is 5.73 Å². The van der Waals surface area contributed by atoms with E-state index in [1.807, 2.05) is 7.05 Å². The number of hydrogen-bond donors (Lipinski definition) is 1. The zero-order valence-electron chi connectivity index (χ0n) is 17.5. The predicted molar refractivity (Wildman–Crippen MR) is 124 cm³/mol. The summed E-state index contributed by atoms with van der Waals surface area (Å²) in [5.41, 5.74) is 7.79. The predicted octanol–water partition coefficient (Wildman–Crippen LogP) is 4.11. The van der Waals surface area contributed by atoms with Gasteiger partial charge in [-0.15, -0.1) is 24.8 Å². The van der Waals surface area contributed by atoms with Crippen LogP contribution in [0, 0.1) is 17.8 Å². The van der Waals surface area contributed by atoms with E-state index in [1.165, 1.54) is 31.2 Å². The Morgan fingerprint density at radius 2 is 1.72 bits per heavy atom. The van der Waals surface area contributed by atoms with Crippen molar-refractivity contribution in [2.24, 2.45) is 23.5 Å². The molecule has 4 nitrogen and oxygen atoms in total. The van der Waals surface area contributed by atoms with Crippen LogP contribution in [0.5, 0.6) is 0 Å². The number of carbonyl (C=O) groups excluding carboxylic acids is 1. The maximum atomic E-state index is 13.3. The molecule has 0 spiro atoms. The van der Waals surface area contributed by atoms with Crippen molar-refractivity contribution in [3.05, 3.63) is 35.9 Å². The molecule has 3 atom stereocenters. The minimum Gasteiger partial charge on any atom is -0.341 e. The molecule has 1 aliphatic heterocycles. The molecular formula is C23H37Cl2N3O. The highest BCUT2D eigenvalue weighted by atomic mass is 35.5. The second-order valence-electron chi connectivity index (χ2n) is 9.16. The van der Waals surface area contributed by atoms with Crippen LogP contribution in [0.25, 0.3) is 0 Å². The van der Waals surface area contributed by atoms with Crippen molar-refractivity contribution in [2.45, 2.75) is 63.6 Å². The summed E-state index contributed by atoms with van der Waals surface area (Å²) >= 11 is 0. The molecule has 29 heavy (non-hydrogen) atoms. The van der Waals surface area contributed by atoms with Gasteiger partial charge in [-0.3, -0.25) is 9.69 Å². The molecule has 1 amide bonds. The third-order valence-electron chi connectivity index (χ3n) is 7.39. The molecule has 1 heterocycles. The number of rotatable bonds is 4. The Hall–Kier alpha value is -0.810. The van der Waals surface area contributed by atoms with E-state index in [-0.39, 0.29) is 30.7 Å². The summed E-state index contributed by atoms with van der Waals surface area (Å²) in [6.45, 7) is 3.12. The monoisotopic (exact) mass is 441 g/mol. The van der Waals surface area contributed by atoms with Gasteiger partial charge in [0.15, 0.2) is 0 Å². The summed E-state index contributed by atoms with van der Waals surface area (Å²) in [7, 11) is 2.04. The molecule has 1 aromatic rings. The summed E-state index contributed by atoms with van der Waals surface area (Å²) in [4.78, 5) is 17.9. The number of likely N-dealkylation sites (tertiary alicyclic amines) is 1. The topological polar surface area (TPSA) is 49.6 Å². The summed E-state index contributed by atoms with van der Waals surface area (Å²) in [5.74, 6) is 1.72. The van der Waals surface area contributed by atoms with Crippen molar-refractivity contribution in [3.63, 3.8) is 0 Å². The molecule has 164 valence electrons. The number of piperidine rings is 1. The molecule has 0 radical (unpaired) electrons. The molecule has 1 aromatic carbocycles. The average Bonchev–Trinajstić information content (AvgIpc) is 2.68. The van der Waals surface area contributed by atoms with Crippen LogP contribution in [0.15, 0.2) is 30.3 Å². The van der Waals surface area contributed by atoms with Gasteiger partial charge >= 0.3 is 0 Å². The minimum atomic E-state index is 0. The standard InChI is InChI=1S/C23H35N3O.2ClH/c1-25(23(27)20-13-18-9-5-10-19(14-20)22(18)24)21-11-6-12-26(16-21)15-17-7-3-2-4-8-17;;/h2-4,7-8,18-22H,5-6,9-16,24H2,1H3;2*1H. The molecule has 3 fully saturated rings. The first kappa shape index (κ1) is 24.5. The largest absolute Gasteiger partial charge is 0.341 e. The van der Waals surface area contributed by atoms with Gasteiger partial charge in [0.25, 0.3) is 0 Å². The molecular weight excluding hydrogens is 405 g/mol. The van der Waals surface area contributed by atoms with Crippen LogP contribution in [0.4, 0.5) is 0 Å². The molecule has 3 unspecified atom stereocenters. The number of benzene rings is 1. The molecule has 2 N–H and O–H groups in total. The second-order valence-corrected chi connectivity index (χ2v) is 9.16. The van der Waals surface area contributed by atoms with E-state index in [1.54, 1.807) is 0 Å². The zero-order chi connectivity index (χ0) is 18.8. The van der Waals surface area contributed by atoms with Crippen LogP contribution in [0.2, 0.25) is 0 Å². The van der Waals surface area contributed by atoms with Gasteiger partial charge in [0.05, 0.1) is 0 Å². The van der Waals surface area contributed by atoms with Crippen molar-refractivity contribution in [2.75, 3.05) is 20.1 Å². The lowest BCUT2D eigenvalue weighted by Gasteiger charge is -2.45. The van der Waals surface area contributed by atoms with Gasteiger partial charge in [0.1, 0.15) is 0 Å². The van der Waals surface area contributed by atoms with Crippen molar-refractivity contribution < 1.29 is 4.79 Å². The van der Waals surface area contributed by atoms with Crippen LogP contribution >= 0.6 is 24.8 Å². The highest BCUT2D eigenvalue weighted by Crippen LogP contribution is 2.42. The zero-order valence-corrected chi connectivity index (χ0v) is 19.2. The Morgan fingerprint density at radius 1 is 1.07 bits per heavy atom. The molecule has 2 aliphatic carbocycles. The third kappa shape index (κ3) is 5.66. The highest BCUT2D eigenvalue weighted by Gasteiger charge is 2.42. The van der Waals surface area contributed by atoms with Crippen LogP contribution in [-0.4, -0.2) is 47.9 Å². The number of nitrogens with two attached hydrogens (primary N) is 1. The first-order valence-corrected chi connectivity index (χ1v) is 10.9. The molecule has 1 saturated heterocycles. The van der Waals surface area contributed by atoms with E-state index in [2.05, 4.69) is 40.1 Å². The fourth-order valence-corrected chi connectivity index (χ4v) is 5.79. The van der Waals surface area contributed by atoms with Crippen molar-refractivity contribution in [3.8, 4) is 0 Å². The fraction of sp³-hybridized carbons (Fsp3) is 0.696. The third-order valence-corrected chi connectivity index (χ3v) is 7.39. The van der Waals surface area contributed by atoms with Crippen LogP contribution in [0.1, 0.15) is 50.5 Å². The summed E-state index contributed by atoms with van der Waals surface area (Å²) in [5, 5.41) is 0. The Labute approximate surface area is 188 Å². The summed E-state index contributed by atoms with van der Waals surface area (Å²) in [6, 6.07) is 11.4. The van der Waals surface area contributed by atoms with Gasteiger partial charge in [0, 0.05) is 38.1 Å². The SMILES string of the molecule is CN(C(=O)C1CC2CCCC(C1)C2N)C1CCCN(Cc2ccccc2)C1.Cl.Cl. The summed E-state index contributed by atoms with van der Waals surface area (Å²) < 4.78 is 0.